The van der Waals surface area contributed by atoms with Gasteiger partial charge in [-0.25, -0.2) is 4.98 Å². The molecule has 0 aliphatic rings. The van der Waals surface area contributed by atoms with Crippen molar-refractivity contribution in [2.45, 2.75) is 38.0 Å². The Morgan fingerprint density at radius 2 is 2.00 bits per heavy atom. The Kier molecular flexibility index (Phi) is 6.64. The molecule has 1 heterocycles. The first-order chi connectivity index (χ1) is 11.9. The summed E-state index contributed by atoms with van der Waals surface area (Å²) in [7, 11) is 0. The zero-order valence-electron chi connectivity index (χ0n) is 14.3. The molecule has 0 saturated carbocycles. The molecular formula is C18H22N2O4S. The number of aromatic nitrogens is 1. The Morgan fingerprint density at radius 1 is 1.28 bits per heavy atom. The molecular weight excluding hydrogens is 340 g/mol. The SMILES string of the molecule is CC(C)(CCC(=O)O)NC(=O)CSCc1coc(-c2ccccc2)n1. The van der Waals surface area contributed by atoms with E-state index < -0.39 is 11.5 Å². The predicted molar refractivity (Wildman–Crippen MR) is 97.2 cm³/mol. The van der Waals surface area contributed by atoms with Crippen molar-refractivity contribution in [1.29, 1.82) is 0 Å². The third-order valence-electron chi connectivity index (χ3n) is 3.50. The summed E-state index contributed by atoms with van der Waals surface area (Å²) in [6, 6.07) is 9.62. The Hall–Kier alpha value is -2.28. The molecule has 1 aromatic carbocycles. The number of thioether (sulfide) groups is 1. The van der Waals surface area contributed by atoms with Crippen LogP contribution in [-0.2, 0) is 15.3 Å². The van der Waals surface area contributed by atoms with Crippen molar-refractivity contribution in [3.63, 3.8) is 0 Å². The van der Waals surface area contributed by atoms with Crippen LogP contribution in [0.15, 0.2) is 41.0 Å². The van der Waals surface area contributed by atoms with Crippen LogP contribution in [0.2, 0.25) is 0 Å². The van der Waals surface area contributed by atoms with Gasteiger partial charge in [-0.1, -0.05) is 18.2 Å². The lowest BCUT2D eigenvalue weighted by Gasteiger charge is -2.25. The zero-order chi connectivity index (χ0) is 18.3. The van der Waals surface area contributed by atoms with E-state index in [-0.39, 0.29) is 18.1 Å². The van der Waals surface area contributed by atoms with E-state index in [1.54, 1.807) is 6.26 Å². The number of carbonyl (C=O) groups is 2. The van der Waals surface area contributed by atoms with Gasteiger partial charge in [0.2, 0.25) is 11.8 Å². The first-order valence-corrected chi connectivity index (χ1v) is 9.11. The summed E-state index contributed by atoms with van der Waals surface area (Å²) < 4.78 is 5.46. The lowest BCUT2D eigenvalue weighted by atomic mass is 9.98. The summed E-state index contributed by atoms with van der Waals surface area (Å²) in [5.74, 6) is 0.433. The second-order valence-corrected chi connectivity index (χ2v) is 7.31. The third-order valence-corrected chi connectivity index (χ3v) is 4.46. The zero-order valence-corrected chi connectivity index (χ0v) is 15.1. The Bertz CT molecular complexity index is 713. The smallest absolute Gasteiger partial charge is 0.303 e. The van der Waals surface area contributed by atoms with Crippen molar-refractivity contribution in [3.8, 4) is 11.5 Å². The molecule has 0 fully saturated rings. The van der Waals surface area contributed by atoms with Gasteiger partial charge in [0.05, 0.1) is 11.4 Å². The molecule has 0 aliphatic carbocycles. The molecule has 0 atom stereocenters. The van der Waals surface area contributed by atoms with Crippen molar-refractivity contribution >= 4 is 23.6 Å². The average molecular weight is 362 g/mol. The number of carbonyl (C=O) groups excluding carboxylic acids is 1. The maximum Gasteiger partial charge on any atom is 0.303 e. The minimum atomic E-state index is -0.864. The second-order valence-electron chi connectivity index (χ2n) is 6.33. The molecule has 1 amide bonds. The number of nitrogens with one attached hydrogen (secondary N) is 1. The monoisotopic (exact) mass is 362 g/mol. The molecule has 0 bridgehead atoms. The van der Waals surface area contributed by atoms with E-state index in [0.717, 1.165) is 11.3 Å². The average Bonchev–Trinajstić information content (AvgIpc) is 3.02. The van der Waals surface area contributed by atoms with E-state index >= 15 is 0 Å². The number of oxazole rings is 1. The minimum absolute atomic E-state index is 0.0294. The van der Waals surface area contributed by atoms with Gasteiger partial charge in [0, 0.05) is 23.3 Å². The second kappa shape index (κ2) is 8.71. The van der Waals surface area contributed by atoms with Gasteiger partial charge >= 0.3 is 5.97 Å². The molecule has 7 heteroatoms. The number of carboxylic acid groups (broad SMARTS) is 1. The summed E-state index contributed by atoms with van der Waals surface area (Å²) >= 11 is 1.44. The standard InChI is InChI=1S/C18H22N2O4S/c1-18(2,9-8-16(22)23)20-15(21)12-25-11-14-10-24-17(19-14)13-6-4-3-5-7-13/h3-7,10H,8-9,11-12H2,1-2H3,(H,20,21)(H,22,23). The Morgan fingerprint density at radius 3 is 2.68 bits per heavy atom. The summed E-state index contributed by atoms with van der Waals surface area (Å²) in [5, 5.41) is 11.6. The normalized spacial score (nSPS) is 11.3. The number of hydrogen-bond donors (Lipinski definition) is 2. The van der Waals surface area contributed by atoms with Crippen molar-refractivity contribution in [2.24, 2.45) is 0 Å². The molecule has 2 rings (SSSR count). The molecule has 0 unspecified atom stereocenters. The van der Waals surface area contributed by atoms with Crippen LogP contribution in [0.25, 0.3) is 11.5 Å². The van der Waals surface area contributed by atoms with Crippen LogP contribution in [-0.4, -0.2) is 33.3 Å². The number of hydrogen-bond acceptors (Lipinski definition) is 5. The lowest BCUT2D eigenvalue weighted by molar-refractivity contribution is -0.137. The largest absolute Gasteiger partial charge is 0.481 e. The molecule has 0 saturated heterocycles. The quantitative estimate of drug-likeness (QED) is 0.711. The Balaban J connectivity index is 1.76. The van der Waals surface area contributed by atoms with Crippen LogP contribution in [0, 0.1) is 0 Å². The van der Waals surface area contributed by atoms with Crippen LogP contribution < -0.4 is 5.32 Å². The first kappa shape index (κ1) is 19.1. The van der Waals surface area contributed by atoms with Gasteiger partial charge in [-0.2, -0.15) is 0 Å². The minimum Gasteiger partial charge on any atom is -0.481 e. The van der Waals surface area contributed by atoms with Crippen molar-refractivity contribution in [3.05, 3.63) is 42.3 Å². The maximum atomic E-state index is 12.0. The van der Waals surface area contributed by atoms with Crippen LogP contribution in [0.5, 0.6) is 0 Å². The summed E-state index contributed by atoms with van der Waals surface area (Å²) in [6.45, 7) is 3.64. The highest BCUT2D eigenvalue weighted by Gasteiger charge is 2.21. The van der Waals surface area contributed by atoms with Gasteiger partial charge in [0.15, 0.2) is 0 Å². The molecule has 134 valence electrons. The maximum absolute atomic E-state index is 12.0. The van der Waals surface area contributed by atoms with Crippen LogP contribution in [0.3, 0.4) is 0 Å². The molecule has 0 aliphatic heterocycles. The highest BCUT2D eigenvalue weighted by molar-refractivity contribution is 7.99. The lowest BCUT2D eigenvalue weighted by Crippen LogP contribution is -2.44. The molecule has 6 nitrogen and oxygen atoms in total. The van der Waals surface area contributed by atoms with Crippen LogP contribution >= 0.6 is 11.8 Å². The summed E-state index contributed by atoms with van der Waals surface area (Å²) in [4.78, 5) is 27.0. The van der Waals surface area contributed by atoms with E-state index in [4.69, 9.17) is 9.52 Å². The van der Waals surface area contributed by atoms with Gasteiger partial charge in [0.25, 0.3) is 0 Å². The fraction of sp³-hybridized carbons (Fsp3) is 0.389. The number of aliphatic carboxylic acids is 1. The van der Waals surface area contributed by atoms with Gasteiger partial charge in [-0.3, -0.25) is 9.59 Å². The van der Waals surface area contributed by atoms with Crippen molar-refractivity contribution in [1.82, 2.24) is 10.3 Å². The molecule has 25 heavy (non-hydrogen) atoms. The topological polar surface area (TPSA) is 92.4 Å². The summed E-state index contributed by atoms with van der Waals surface area (Å²) in [5.41, 5.74) is 1.16. The number of rotatable bonds is 9. The molecule has 2 aromatic rings. The summed E-state index contributed by atoms with van der Waals surface area (Å²) in [6.07, 6.45) is 2.02. The highest BCUT2D eigenvalue weighted by atomic mass is 32.2. The number of amides is 1. The molecule has 2 N–H and O–H groups in total. The predicted octanol–water partition coefficient (Wildman–Crippen LogP) is 3.33. The number of nitrogens with zero attached hydrogens (tertiary/aromatic N) is 1. The van der Waals surface area contributed by atoms with E-state index in [1.807, 2.05) is 44.2 Å². The third kappa shape index (κ3) is 6.62. The van der Waals surface area contributed by atoms with Crippen molar-refractivity contribution in [2.75, 3.05) is 5.75 Å². The fourth-order valence-electron chi connectivity index (χ4n) is 2.23. The first-order valence-electron chi connectivity index (χ1n) is 7.96. The highest BCUT2D eigenvalue weighted by Crippen LogP contribution is 2.20. The van der Waals surface area contributed by atoms with E-state index in [9.17, 15) is 9.59 Å². The molecule has 0 radical (unpaired) electrons. The van der Waals surface area contributed by atoms with Gasteiger partial charge < -0.3 is 14.8 Å². The molecule has 0 spiro atoms. The van der Waals surface area contributed by atoms with E-state index in [0.29, 0.717) is 18.1 Å². The van der Waals surface area contributed by atoms with E-state index in [2.05, 4.69) is 10.3 Å². The fourth-order valence-corrected chi connectivity index (χ4v) is 2.93. The van der Waals surface area contributed by atoms with Gasteiger partial charge in [0.1, 0.15) is 6.26 Å². The van der Waals surface area contributed by atoms with E-state index in [1.165, 1.54) is 11.8 Å². The van der Waals surface area contributed by atoms with Crippen LogP contribution in [0.1, 0.15) is 32.4 Å². The van der Waals surface area contributed by atoms with Crippen molar-refractivity contribution < 1.29 is 19.1 Å². The van der Waals surface area contributed by atoms with Crippen LogP contribution in [0.4, 0.5) is 0 Å². The molecule has 1 aromatic heterocycles. The Labute approximate surface area is 151 Å². The number of carboxylic acids is 1. The van der Waals surface area contributed by atoms with Gasteiger partial charge in [-0.05, 0) is 32.4 Å². The number of benzene rings is 1. The van der Waals surface area contributed by atoms with Gasteiger partial charge in [-0.15, -0.1) is 11.8 Å².